The molecule has 2 heteroatoms. The normalized spacial score (nSPS) is 11.5. The van der Waals surface area contributed by atoms with Crippen molar-refractivity contribution in [1.82, 2.24) is 0 Å². The van der Waals surface area contributed by atoms with Crippen LogP contribution in [0.2, 0.25) is 0 Å². The van der Waals surface area contributed by atoms with Gasteiger partial charge in [-0.25, -0.2) is 0 Å². The third-order valence-corrected chi connectivity index (χ3v) is 3.54. The highest BCUT2D eigenvalue weighted by Crippen LogP contribution is 2.30. The molecule has 0 fully saturated rings. The Morgan fingerprint density at radius 1 is 0.619 bits per heavy atom. The maximum atomic E-state index is 6.45. The van der Waals surface area contributed by atoms with Crippen LogP contribution in [-0.2, 0) is 0 Å². The summed E-state index contributed by atoms with van der Waals surface area (Å²) in [6.07, 6.45) is 0. The molecule has 0 spiro atoms. The lowest BCUT2D eigenvalue weighted by atomic mass is 9.92. The molecule has 1 unspecified atom stereocenters. The Labute approximate surface area is 131 Å². The van der Waals surface area contributed by atoms with Crippen LogP contribution in [0.5, 0.6) is 0 Å². The SMILES string of the molecule is Cl.NC(c1ccccc1)c1ccccc1-c1ccccc1. The maximum Gasteiger partial charge on any atom is 0.0557 e. The average Bonchev–Trinajstić information content (AvgIpc) is 2.56. The molecule has 0 amide bonds. The molecule has 0 heterocycles. The summed E-state index contributed by atoms with van der Waals surface area (Å²) in [5.74, 6) is 0. The first-order chi connectivity index (χ1) is 9.86. The number of nitrogens with two attached hydrogens (primary N) is 1. The first-order valence-electron chi connectivity index (χ1n) is 6.81. The number of hydrogen-bond donors (Lipinski definition) is 1. The fourth-order valence-corrected chi connectivity index (χ4v) is 2.49. The van der Waals surface area contributed by atoms with E-state index in [1.807, 2.05) is 30.3 Å². The molecule has 0 aromatic heterocycles. The molecule has 21 heavy (non-hydrogen) atoms. The minimum Gasteiger partial charge on any atom is -0.320 e. The number of rotatable bonds is 3. The average molecular weight is 296 g/mol. The fraction of sp³-hybridized carbons (Fsp3) is 0.0526. The molecule has 106 valence electrons. The van der Waals surface area contributed by atoms with Gasteiger partial charge in [0.05, 0.1) is 6.04 Å². The van der Waals surface area contributed by atoms with Gasteiger partial charge in [-0.2, -0.15) is 0 Å². The highest BCUT2D eigenvalue weighted by molar-refractivity contribution is 5.85. The molecule has 3 rings (SSSR count). The van der Waals surface area contributed by atoms with E-state index in [0.29, 0.717) is 0 Å². The summed E-state index contributed by atoms with van der Waals surface area (Å²) in [6, 6.07) is 28.9. The van der Waals surface area contributed by atoms with Crippen LogP contribution < -0.4 is 5.73 Å². The summed E-state index contributed by atoms with van der Waals surface area (Å²) in [4.78, 5) is 0. The second-order valence-corrected chi connectivity index (χ2v) is 4.84. The predicted octanol–water partition coefficient (Wildman–Crippen LogP) is 4.82. The number of halogens is 1. The van der Waals surface area contributed by atoms with Crippen LogP contribution in [-0.4, -0.2) is 0 Å². The van der Waals surface area contributed by atoms with Gasteiger partial charge in [0.1, 0.15) is 0 Å². The molecule has 0 saturated carbocycles. The van der Waals surface area contributed by atoms with Crippen molar-refractivity contribution < 1.29 is 0 Å². The summed E-state index contributed by atoms with van der Waals surface area (Å²) < 4.78 is 0. The Balaban J connectivity index is 0.00000161. The molecular weight excluding hydrogens is 278 g/mol. The van der Waals surface area contributed by atoms with Gasteiger partial charge in [0.15, 0.2) is 0 Å². The van der Waals surface area contributed by atoms with Crippen LogP contribution >= 0.6 is 12.4 Å². The number of hydrogen-bond acceptors (Lipinski definition) is 1. The van der Waals surface area contributed by atoms with Gasteiger partial charge in [-0.3, -0.25) is 0 Å². The van der Waals surface area contributed by atoms with Crippen LogP contribution in [0.4, 0.5) is 0 Å². The standard InChI is InChI=1S/C19H17N.ClH/c20-19(16-11-5-2-6-12-16)18-14-8-7-13-17(18)15-9-3-1-4-10-15;/h1-14,19H,20H2;1H. The van der Waals surface area contributed by atoms with E-state index in [2.05, 4.69) is 54.6 Å². The molecule has 0 aliphatic heterocycles. The molecule has 0 saturated heterocycles. The van der Waals surface area contributed by atoms with E-state index < -0.39 is 0 Å². The second kappa shape index (κ2) is 7.07. The summed E-state index contributed by atoms with van der Waals surface area (Å²) in [7, 11) is 0. The summed E-state index contributed by atoms with van der Waals surface area (Å²) in [5.41, 5.74) is 11.1. The van der Waals surface area contributed by atoms with Gasteiger partial charge in [-0.05, 0) is 22.3 Å². The lowest BCUT2D eigenvalue weighted by Crippen LogP contribution is -2.12. The van der Waals surface area contributed by atoms with E-state index in [-0.39, 0.29) is 18.4 Å². The smallest absolute Gasteiger partial charge is 0.0557 e. The van der Waals surface area contributed by atoms with Crippen molar-refractivity contribution in [2.75, 3.05) is 0 Å². The zero-order valence-corrected chi connectivity index (χ0v) is 12.5. The first-order valence-corrected chi connectivity index (χ1v) is 6.81. The number of benzene rings is 3. The molecule has 1 atom stereocenters. The monoisotopic (exact) mass is 295 g/mol. The molecule has 3 aromatic carbocycles. The Bertz CT molecular complexity index is 680. The molecule has 0 radical (unpaired) electrons. The third-order valence-electron chi connectivity index (χ3n) is 3.54. The summed E-state index contributed by atoms with van der Waals surface area (Å²) in [6.45, 7) is 0. The van der Waals surface area contributed by atoms with Crippen LogP contribution in [0, 0.1) is 0 Å². The second-order valence-electron chi connectivity index (χ2n) is 4.84. The fourth-order valence-electron chi connectivity index (χ4n) is 2.49. The zero-order valence-electron chi connectivity index (χ0n) is 11.6. The van der Waals surface area contributed by atoms with Crippen LogP contribution in [0.1, 0.15) is 17.2 Å². The van der Waals surface area contributed by atoms with E-state index in [1.165, 1.54) is 11.1 Å². The molecule has 0 aliphatic rings. The Morgan fingerprint density at radius 2 is 1.14 bits per heavy atom. The van der Waals surface area contributed by atoms with Crippen molar-refractivity contribution in [2.45, 2.75) is 6.04 Å². The van der Waals surface area contributed by atoms with Crippen molar-refractivity contribution in [1.29, 1.82) is 0 Å². The summed E-state index contributed by atoms with van der Waals surface area (Å²) >= 11 is 0. The maximum absolute atomic E-state index is 6.45. The topological polar surface area (TPSA) is 26.0 Å². The minimum absolute atomic E-state index is 0. The van der Waals surface area contributed by atoms with Gasteiger partial charge in [0.2, 0.25) is 0 Å². The van der Waals surface area contributed by atoms with Crippen molar-refractivity contribution in [2.24, 2.45) is 5.73 Å². The first kappa shape index (κ1) is 15.3. The largest absolute Gasteiger partial charge is 0.320 e. The van der Waals surface area contributed by atoms with E-state index in [9.17, 15) is 0 Å². The Morgan fingerprint density at radius 3 is 1.81 bits per heavy atom. The van der Waals surface area contributed by atoms with Crippen LogP contribution in [0.3, 0.4) is 0 Å². The van der Waals surface area contributed by atoms with Gasteiger partial charge >= 0.3 is 0 Å². The van der Waals surface area contributed by atoms with E-state index in [0.717, 1.165) is 11.1 Å². The van der Waals surface area contributed by atoms with Crippen molar-refractivity contribution >= 4 is 12.4 Å². The molecule has 2 N–H and O–H groups in total. The molecule has 0 aliphatic carbocycles. The highest BCUT2D eigenvalue weighted by atomic mass is 35.5. The summed E-state index contributed by atoms with van der Waals surface area (Å²) in [5, 5.41) is 0. The van der Waals surface area contributed by atoms with Gasteiger partial charge in [-0.1, -0.05) is 84.9 Å². The van der Waals surface area contributed by atoms with E-state index in [4.69, 9.17) is 5.73 Å². The van der Waals surface area contributed by atoms with E-state index >= 15 is 0 Å². The van der Waals surface area contributed by atoms with Gasteiger partial charge in [0.25, 0.3) is 0 Å². The minimum atomic E-state index is -0.104. The van der Waals surface area contributed by atoms with Crippen molar-refractivity contribution in [3.8, 4) is 11.1 Å². The quantitative estimate of drug-likeness (QED) is 0.736. The third kappa shape index (κ3) is 3.33. The van der Waals surface area contributed by atoms with Crippen LogP contribution in [0.25, 0.3) is 11.1 Å². The van der Waals surface area contributed by atoms with Crippen molar-refractivity contribution in [3.63, 3.8) is 0 Å². The van der Waals surface area contributed by atoms with E-state index in [1.54, 1.807) is 0 Å². The Hall–Kier alpha value is -2.09. The molecule has 1 nitrogen and oxygen atoms in total. The molecule has 3 aromatic rings. The van der Waals surface area contributed by atoms with Gasteiger partial charge < -0.3 is 5.73 Å². The lowest BCUT2D eigenvalue weighted by Gasteiger charge is -2.17. The van der Waals surface area contributed by atoms with Gasteiger partial charge in [0, 0.05) is 0 Å². The van der Waals surface area contributed by atoms with Crippen molar-refractivity contribution in [3.05, 3.63) is 96.1 Å². The highest BCUT2D eigenvalue weighted by Gasteiger charge is 2.13. The molecular formula is C19H18ClN. The zero-order chi connectivity index (χ0) is 13.8. The Kier molecular flexibility index (Phi) is 5.15. The molecule has 0 bridgehead atoms. The van der Waals surface area contributed by atoms with Crippen LogP contribution in [0.15, 0.2) is 84.9 Å². The lowest BCUT2D eigenvalue weighted by molar-refractivity contribution is 0.874. The predicted molar refractivity (Wildman–Crippen MR) is 91.6 cm³/mol. The van der Waals surface area contributed by atoms with Gasteiger partial charge in [-0.15, -0.1) is 12.4 Å².